The fourth-order valence-corrected chi connectivity index (χ4v) is 6.02. The van der Waals surface area contributed by atoms with Crippen LogP contribution >= 0.6 is 47.8 Å². The summed E-state index contributed by atoms with van der Waals surface area (Å²) in [6, 6.07) is 4.15. The molecule has 0 radical (unpaired) electrons. The molecule has 12 heavy (non-hydrogen) atoms. The van der Waals surface area contributed by atoms with Crippen molar-refractivity contribution >= 4 is 58.7 Å². The minimum atomic E-state index is 0.275. The Bertz CT molecular complexity index is 273. The van der Waals surface area contributed by atoms with Gasteiger partial charge in [-0.2, -0.15) is 0 Å². The smallest absolute Gasteiger partial charge is 0.0507 e. The van der Waals surface area contributed by atoms with Gasteiger partial charge in [0.15, 0.2) is 4.90 Å². The Kier molecular flexibility index (Phi) is 4.15. The Hall–Kier alpha value is 1.01. The van der Waals surface area contributed by atoms with Crippen LogP contribution in [-0.4, -0.2) is 12.5 Å². The molecular weight excluding hydrogens is 368 g/mol. The van der Waals surface area contributed by atoms with Crippen LogP contribution in [0.5, 0.6) is 0 Å². The highest BCUT2D eigenvalue weighted by Crippen LogP contribution is 2.33. The second-order valence-corrected chi connectivity index (χ2v) is 7.18. The summed E-state index contributed by atoms with van der Waals surface area (Å²) in [5, 5.41) is 0. The lowest BCUT2D eigenvalue weighted by molar-refractivity contribution is 1.33. The van der Waals surface area contributed by atoms with Crippen molar-refractivity contribution in [3.05, 3.63) is 25.6 Å². The van der Waals surface area contributed by atoms with Crippen molar-refractivity contribution in [2.24, 2.45) is 0 Å². The first kappa shape index (κ1) is 11.1. The van der Waals surface area contributed by atoms with E-state index in [1.165, 1.54) is 4.90 Å². The van der Waals surface area contributed by atoms with Crippen molar-refractivity contribution in [1.82, 2.24) is 0 Å². The summed E-state index contributed by atoms with van der Waals surface area (Å²) in [7, 11) is 0.275. The summed E-state index contributed by atoms with van der Waals surface area (Å²) >= 11 is 10.5. The third-order valence-electron chi connectivity index (χ3n) is 1.37. The largest absolute Gasteiger partial charge is 0.182 e. The van der Waals surface area contributed by atoms with E-state index in [4.69, 9.17) is 0 Å². The SMILES string of the molecule is C[S+](C)c1c(Br)cc(Br)cc1Br. The minimum absolute atomic E-state index is 0.275. The lowest BCUT2D eigenvalue weighted by atomic mass is 10.4. The average Bonchev–Trinajstić information content (AvgIpc) is 1.82. The molecule has 0 spiro atoms. The molecule has 0 heterocycles. The van der Waals surface area contributed by atoms with Gasteiger partial charge in [0, 0.05) is 15.4 Å². The van der Waals surface area contributed by atoms with Crippen molar-refractivity contribution in [3.63, 3.8) is 0 Å². The van der Waals surface area contributed by atoms with Crippen molar-refractivity contribution in [2.75, 3.05) is 12.5 Å². The molecule has 0 amide bonds. The molecule has 0 atom stereocenters. The van der Waals surface area contributed by atoms with Gasteiger partial charge in [-0.3, -0.25) is 0 Å². The summed E-state index contributed by atoms with van der Waals surface area (Å²) in [6.07, 6.45) is 4.41. The van der Waals surface area contributed by atoms with Gasteiger partial charge in [0.2, 0.25) is 0 Å². The monoisotopic (exact) mass is 373 g/mol. The maximum atomic E-state index is 3.55. The Balaban J connectivity index is 3.28. The van der Waals surface area contributed by atoms with Gasteiger partial charge in [-0.05, 0) is 44.0 Å². The summed E-state index contributed by atoms with van der Waals surface area (Å²) < 4.78 is 3.42. The van der Waals surface area contributed by atoms with Crippen LogP contribution in [0, 0.1) is 0 Å². The van der Waals surface area contributed by atoms with E-state index >= 15 is 0 Å². The topological polar surface area (TPSA) is 0 Å². The van der Waals surface area contributed by atoms with Crippen LogP contribution in [0.15, 0.2) is 30.4 Å². The molecule has 0 aliphatic carbocycles. The fraction of sp³-hybridized carbons (Fsp3) is 0.250. The molecule has 0 aliphatic rings. The Morgan fingerprint density at radius 2 is 1.42 bits per heavy atom. The molecule has 66 valence electrons. The third kappa shape index (κ3) is 2.50. The lowest BCUT2D eigenvalue weighted by Crippen LogP contribution is -1.98. The molecule has 0 saturated carbocycles. The molecular formula is C8H8Br3S+. The van der Waals surface area contributed by atoms with Crippen LogP contribution in [0.3, 0.4) is 0 Å². The predicted octanol–water partition coefficient (Wildman–Crippen LogP) is 4.21. The first-order chi connectivity index (χ1) is 5.52. The second kappa shape index (κ2) is 4.49. The molecule has 1 aromatic carbocycles. The van der Waals surface area contributed by atoms with E-state index < -0.39 is 0 Å². The standard InChI is InChI=1S/C8H8Br3S/c1-12(2)8-6(10)3-5(9)4-7(8)11/h3-4H,1-2H3/q+1. The molecule has 1 aromatic rings. The van der Waals surface area contributed by atoms with Crippen molar-refractivity contribution in [1.29, 1.82) is 0 Å². The lowest BCUT2D eigenvalue weighted by Gasteiger charge is -2.03. The van der Waals surface area contributed by atoms with Crippen molar-refractivity contribution in [3.8, 4) is 0 Å². The van der Waals surface area contributed by atoms with E-state index in [0.29, 0.717) is 0 Å². The van der Waals surface area contributed by atoms with Gasteiger partial charge in [-0.1, -0.05) is 15.9 Å². The van der Waals surface area contributed by atoms with Crippen LogP contribution in [0.2, 0.25) is 0 Å². The zero-order chi connectivity index (χ0) is 9.30. The van der Waals surface area contributed by atoms with Gasteiger partial charge < -0.3 is 0 Å². The highest BCUT2D eigenvalue weighted by Gasteiger charge is 2.18. The molecule has 0 saturated heterocycles. The Morgan fingerprint density at radius 1 is 1.00 bits per heavy atom. The predicted molar refractivity (Wildman–Crippen MR) is 67.0 cm³/mol. The molecule has 0 fully saturated rings. The van der Waals surface area contributed by atoms with E-state index in [-0.39, 0.29) is 10.9 Å². The van der Waals surface area contributed by atoms with Gasteiger partial charge in [-0.15, -0.1) is 0 Å². The summed E-state index contributed by atoms with van der Waals surface area (Å²) in [4.78, 5) is 1.35. The van der Waals surface area contributed by atoms with Gasteiger partial charge in [0.05, 0.1) is 8.95 Å². The van der Waals surface area contributed by atoms with Gasteiger partial charge in [0.25, 0.3) is 0 Å². The molecule has 4 heteroatoms. The maximum Gasteiger partial charge on any atom is 0.182 e. The van der Waals surface area contributed by atoms with Crippen LogP contribution in [0.4, 0.5) is 0 Å². The molecule has 0 unspecified atom stereocenters. The van der Waals surface area contributed by atoms with E-state index in [9.17, 15) is 0 Å². The Morgan fingerprint density at radius 3 is 1.75 bits per heavy atom. The van der Waals surface area contributed by atoms with E-state index in [0.717, 1.165) is 13.4 Å². The minimum Gasteiger partial charge on any atom is -0.0507 e. The summed E-state index contributed by atoms with van der Waals surface area (Å²) in [6.45, 7) is 0. The van der Waals surface area contributed by atoms with E-state index in [2.05, 4.69) is 72.4 Å². The van der Waals surface area contributed by atoms with Crippen molar-refractivity contribution in [2.45, 2.75) is 4.90 Å². The highest BCUT2D eigenvalue weighted by atomic mass is 79.9. The number of hydrogen-bond donors (Lipinski definition) is 0. The first-order valence-electron chi connectivity index (χ1n) is 3.24. The maximum absolute atomic E-state index is 3.55. The first-order valence-corrected chi connectivity index (χ1v) is 7.66. The van der Waals surface area contributed by atoms with Gasteiger partial charge in [0.1, 0.15) is 12.5 Å². The van der Waals surface area contributed by atoms with Crippen LogP contribution in [-0.2, 0) is 10.9 Å². The van der Waals surface area contributed by atoms with E-state index in [1.54, 1.807) is 0 Å². The zero-order valence-electron chi connectivity index (χ0n) is 6.70. The van der Waals surface area contributed by atoms with Gasteiger partial charge in [-0.25, -0.2) is 0 Å². The molecule has 0 bridgehead atoms. The number of rotatable bonds is 1. The second-order valence-electron chi connectivity index (χ2n) is 2.52. The van der Waals surface area contributed by atoms with E-state index in [1.807, 2.05) is 0 Å². The highest BCUT2D eigenvalue weighted by molar-refractivity contribution is 9.11. The molecule has 0 nitrogen and oxygen atoms in total. The van der Waals surface area contributed by atoms with Crippen LogP contribution in [0.25, 0.3) is 0 Å². The zero-order valence-corrected chi connectivity index (χ0v) is 12.3. The fourth-order valence-electron chi connectivity index (χ4n) is 0.919. The van der Waals surface area contributed by atoms with Crippen molar-refractivity contribution < 1.29 is 0 Å². The van der Waals surface area contributed by atoms with Gasteiger partial charge >= 0.3 is 0 Å². The third-order valence-corrected chi connectivity index (χ3v) is 4.86. The Labute approximate surface area is 101 Å². The number of halogens is 3. The summed E-state index contributed by atoms with van der Waals surface area (Å²) in [5.41, 5.74) is 0. The number of hydrogen-bond acceptors (Lipinski definition) is 0. The normalized spacial score (nSPS) is 10.8. The van der Waals surface area contributed by atoms with Crippen LogP contribution < -0.4 is 0 Å². The quantitative estimate of drug-likeness (QED) is 0.645. The van der Waals surface area contributed by atoms with Crippen LogP contribution in [0.1, 0.15) is 0 Å². The molecule has 0 aliphatic heterocycles. The molecule has 1 rings (SSSR count). The average molecular weight is 376 g/mol. The molecule has 0 aromatic heterocycles. The number of benzene rings is 1. The molecule has 0 N–H and O–H groups in total. The summed E-state index contributed by atoms with van der Waals surface area (Å²) in [5.74, 6) is 0.